The number of carbonyl (C=O) groups excluding carboxylic acids is 1. The van der Waals surface area contributed by atoms with E-state index in [-0.39, 0.29) is 11.2 Å². The molecular weight excluding hydrogens is 271 g/mol. The van der Waals surface area contributed by atoms with Crippen molar-refractivity contribution < 1.29 is 9.18 Å². The molecule has 0 atom stereocenters. The van der Waals surface area contributed by atoms with E-state index in [1.807, 2.05) is 20.8 Å². The number of nitrogens with one attached hydrogen (secondary N) is 2. The van der Waals surface area contributed by atoms with Crippen molar-refractivity contribution >= 4 is 17.5 Å². The smallest absolute Gasteiger partial charge is 0.274 e. The van der Waals surface area contributed by atoms with Gasteiger partial charge in [0.15, 0.2) is 0 Å². The van der Waals surface area contributed by atoms with E-state index < -0.39 is 11.7 Å². The highest BCUT2D eigenvalue weighted by atomic mass is 19.1. The van der Waals surface area contributed by atoms with Gasteiger partial charge in [-0.15, -0.1) is 0 Å². The van der Waals surface area contributed by atoms with Crippen LogP contribution >= 0.6 is 0 Å². The average molecular weight is 288 g/mol. The maximum Gasteiger partial charge on any atom is 0.274 e. The number of hydrogen-bond acceptors (Lipinski definition) is 4. The van der Waals surface area contributed by atoms with Crippen LogP contribution in [-0.2, 0) is 0 Å². The number of halogens is 1. The molecule has 0 spiro atoms. The summed E-state index contributed by atoms with van der Waals surface area (Å²) in [4.78, 5) is 20.3. The zero-order chi connectivity index (χ0) is 15.5. The molecule has 2 N–H and O–H groups in total. The van der Waals surface area contributed by atoms with Crippen LogP contribution in [0, 0.1) is 5.82 Å². The van der Waals surface area contributed by atoms with Crippen molar-refractivity contribution in [2.75, 3.05) is 10.6 Å². The largest absolute Gasteiger partial charge is 0.350 e. The Balaban J connectivity index is 2.14. The van der Waals surface area contributed by atoms with E-state index in [0.717, 1.165) is 0 Å². The Kier molecular flexibility index (Phi) is 4.16. The molecule has 0 bridgehead atoms. The average Bonchev–Trinajstić information content (AvgIpc) is 2.37. The highest BCUT2D eigenvalue weighted by molar-refractivity contribution is 6.02. The van der Waals surface area contributed by atoms with Crippen LogP contribution in [0.25, 0.3) is 0 Å². The molecule has 0 unspecified atom stereocenters. The van der Waals surface area contributed by atoms with Crippen molar-refractivity contribution in [3.8, 4) is 0 Å². The number of rotatable bonds is 3. The molecule has 5 nitrogen and oxygen atoms in total. The summed E-state index contributed by atoms with van der Waals surface area (Å²) in [6, 6.07) is 7.19. The molecule has 21 heavy (non-hydrogen) atoms. The SMILES string of the molecule is CC(C)(C)Nc1nccc(C(=O)Nc2cccc(F)c2)n1. The van der Waals surface area contributed by atoms with Crippen molar-refractivity contribution in [2.45, 2.75) is 26.3 Å². The van der Waals surface area contributed by atoms with E-state index in [0.29, 0.717) is 11.6 Å². The first-order valence-corrected chi connectivity index (χ1v) is 6.52. The minimum atomic E-state index is -0.417. The number of aromatic nitrogens is 2. The van der Waals surface area contributed by atoms with Crippen molar-refractivity contribution in [1.29, 1.82) is 0 Å². The molecule has 2 rings (SSSR count). The van der Waals surface area contributed by atoms with E-state index in [1.54, 1.807) is 6.07 Å². The van der Waals surface area contributed by atoms with Gasteiger partial charge in [-0.1, -0.05) is 6.07 Å². The Morgan fingerprint density at radius 1 is 1.24 bits per heavy atom. The molecule has 1 aromatic carbocycles. The lowest BCUT2D eigenvalue weighted by Gasteiger charge is -2.20. The Morgan fingerprint density at radius 3 is 2.67 bits per heavy atom. The van der Waals surface area contributed by atoms with Gasteiger partial charge in [0.05, 0.1) is 0 Å². The highest BCUT2D eigenvalue weighted by Crippen LogP contribution is 2.12. The minimum absolute atomic E-state index is 0.209. The van der Waals surface area contributed by atoms with Crippen molar-refractivity contribution in [2.24, 2.45) is 0 Å². The first kappa shape index (κ1) is 14.9. The lowest BCUT2D eigenvalue weighted by atomic mass is 10.1. The number of nitrogens with zero attached hydrogens (tertiary/aromatic N) is 2. The molecule has 1 heterocycles. The lowest BCUT2D eigenvalue weighted by molar-refractivity contribution is 0.102. The second-order valence-electron chi connectivity index (χ2n) is 5.60. The van der Waals surface area contributed by atoms with Gasteiger partial charge in [0.2, 0.25) is 5.95 Å². The summed E-state index contributed by atoms with van der Waals surface area (Å²) in [5.41, 5.74) is 0.377. The molecule has 0 saturated heterocycles. The standard InChI is InChI=1S/C15H17FN4O/c1-15(2,3)20-14-17-8-7-12(19-14)13(21)18-11-6-4-5-10(16)9-11/h4-9H,1-3H3,(H,18,21)(H,17,19,20). The van der Waals surface area contributed by atoms with Crippen molar-refractivity contribution in [3.05, 3.63) is 48.0 Å². The Morgan fingerprint density at radius 2 is 2.00 bits per heavy atom. The van der Waals surface area contributed by atoms with Crippen LogP contribution in [0.15, 0.2) is 36.5 Å². The van der Waals surface area contributed by atoms with Crippen LogP contribution in [0.3, 0.4) is 0 Å². The number of anilines is 2. The highest BCUT2D eigenvalue weighted by Gasteiger charge is 2.14. The third kappa shape index (κ3) is 4.52. The fourth-order valence-corrected chi connectivity index (χ4v) is 1.64. The quantitative estimate of drug-likeness (QED) is 0.911. The topological polar surface area (TPSA) is 66.9 Å². The summed E-state index contributed by atoms with van der Waals surface area (Å²) in [5.74, 6) is -0.458. The molecule has 0 saturated carbocycles. The van der Waals surface area contributed by atoms with Crippen LogP contribution in [0.1, 0.15) is 31.3 Å². The number of hydrogen-bond donors (Lipinski definition) is 2. The predicted octanol–water partition coefficient (Wildman–Crippen LogP) is 3.08. The second kappa shape index (κ2) is 5.87. The Labute approximate surface area is 122 Å². The van der Waals surface area contributed by atoms with Gasteiger partial charge >= 0.3 is 0 Å². The normalized spacial score (nSPS) is 11.0. The van der Waals surface area contributed by atoms with Gasteiger partial charge in [-0.05, 0) is 45.0 Å². The molecule has 0 aliphatic carbocycles. The summed E-state index contributed by atoms with van der Waals surface area (Å²) in [6.45, 7) is 5.90. The number of amides is 1. The summed E-state index contributed by atoms with van der Waals surface area (Å²) in [6.07, 6.45) is 1.50. The molecular formula is C15H17FN4O. The van der Waals surface area contributed by atoms with Crippen molar-refractivity contribution in [3.63, 3.8) is 0 Å². The van der Waals surface area contributed by atoms with E-state index in [9.17, 15) is 9.18 Å². The molecule has 1 amide bonds. The van der Waals surface area contributed by atoms with E-state index in [2.05, 4.69) is 20.6 Å². The fourth-order valence-electron chi connectivity index (χ4n) is 1.64. The van der Waals surface area contributed by atoms with Gasteiger partial charge in [0.25, 0.3) is 5.91 Å². The van der Waals surface area contributed by atoms with E-state index in [4.69, 9.17) is 0 Å². The summed E-state index contributed by atoms with van der Waals surface area (Å²) >= 11 is 0. The predicted molar refractivity (Wildman–Crippen MR) is 79.8 cm³/mol. The van der Waals surface area contributed by atoms with Crippen LogP contribution in [0.2, 0.25) is 0 Å². The van der Waals surface area contributed by atoms with Gasteiger partial charge < -0.3 is 10.6 Å². The Bertz CT molecular complexity index is 652. The molecule has 0 radical (unpaired) electrons. The van der Waals surface area contributed by atoms with Crippen molar-refractivity contribution in [1.82, 2.24) is 9.97 Å². The molecule has 2 aromatic rings. The molecule has 110 valence electrons. The van der Waals surface area contributed by atoms with Crippen LogP contribution in [0.5, 0.6) is 0 Å². The second-order valence-corrected chi connectivity index (χ2v) is 5.60. The number of carbonyl (C=O) groups is 1. The fraction of sp³-hybridized carbons (Fsp3) is 0.267. The minimum Gasteiger partial charge on any atom is -0.350 e. The molecule has 1 aromatic heterocycles. The monoisotopic (exact) mass is 288 g/mol. The third-order valence-corrected chi connectivity index (χ3v) is 2.46. The first-order chi connectivity index (χ1) is 9.83. The van der Waals surface area contributed by atoms with Gasteiger partial charge in [-0.25, -0.2) is 14.4 Å². The Hall–Kier alpha value is -2.50. The van der Waals surface area contributed by atoms with Crippen LogP contribution in [-0.4, -0.2) is 21.4 Å². The summed E-state index contributed by atoms with van der Waals surface area (Å²) in [7, 11) is 0. The van der Waals surface area contributed by atoms with Gasteiger partial charge in [0.1, 0.15) is 11.5 Å². The third-order valence-electron chi connectivity index (χ3n) is 2.46. The van der Waals surface area contributed by atoms with E-state index in [1.165, 1.54) is 30.5 Å². The zero-order valence-corrected chi connectivity index (χ0v) is 12.1. The maximum absolute atomic E-state index is 13.1. The molecule has 0 fully saturated rings. The van der Waals surface area contributed by atoms with E-state index >= 15 is 0 Å². The van der Waals surface area contributed by atoms with Crippen LogP contribution in [0.4, 0.5) is 16.0 Å². The van der Waals surface area contributed by atoms with Crippen LogP contribution < -0.4 is 10.6 Å². The van der Waals surface area contributed by atoms with Gasteiger partial charge in [0, 0.05) is 17.4 Å². The summed E-state index contributed by atoms with van der Waals surface area (Å²) in [5, 5.41) is 5.68. The summed E-state index contributed by atoms with van der Waals surface area (Å²) < 4.78 is 13.1. The van der Waals surface area contributed by atoms with Gasteiger partial charge in [-0.2, -0.15) is 0 Å². The molecule has 0 aliphatic heterocycles. The molecule has 0 aliphatic rings. The maximum atomic E-state index is 13.1. The first-order valence-electron chi connectivity index (χ1n) is 6.52. The number of benzene rings is 1. The lowest BCUT2D eigenvalue weighted by Crippen LogP contribution is -2.28. The van der Waals surface area contributed by atoms with Gasteiger partial charge in [-0.3, -0.25) is 4.79 Å². The molecule has 6 heteroatoms. The zero-order valence-electron chi connectivity index (χ0n) is 12.1.